The Balaban J connectivity index is 2.09. The van der Waals surface area contributed by atoms with Crippen molar-refractivity contribution in [2.45, 2.75) is 33.3 Å². The fraction of sp³-hybridized carbons (Fsp3) is 0.500. The van der Waals surface area contributed by atoms with Crippen LogP contribution in [0.3, 0.4) is 0 Å². The summed E-state index contributed by atoms with van der Waals surface area (Å²) in [6, 6.07) is 5.47. The van der Waals surface area contributed by atoms with Gasteiger partial charge in [0.2, 0.25) is 0 Å². The predicted octanol–water partition coefficient (Wildman–Crippen LogP) is 2.02. The van der Waals surface area contributed by atoms with E-state index in [4.69, 9.17) is 0 Å². The zero-order valence-corrected chi connectivity index (χ0v) is 13.1. The Kier molecular flexibility index (Phi) is 4.63. The standard InChI is InChI=1S/C16H23N3O2/c1-5-10(2)15(20)9-17-16(21)12-6-7-14-13(8-12)18-11(3)19(14)4/h6-8,10,15,20H,5,9H2,1-4H3,(H,17,21). The average Bonchev–Trinajstić information content (AvgIpc) is 2.77. The fourth-order valence-corrected chi connectivity index (χ4v) is 2.23. The minimum Gasteiger partial charge on any atom is -0.391 e. The second kappa shape index (κ2) is 6.26. The lowest BCUT2D eigenvalue weighted by Gasteiger charge is -2.17. The minimum absolute atomic E-state index is 0.172. The van der Waals surface area contributed by atoms with Gasteiger partial charge in [0.25, 0.3) is 5.91 Å². The summed E-state index contributed by atoms with van der Waals surface area (Å²) in [5, 5.41) is 12.7. The Hall–Kier alpha value is -1.88. The molecule has 1 amide bonds. The van der Waals surface area contributed by atoms with Gasteiger partial charge in [0.15, 0.2) is 0 Å². The number of aryl methyl sites for hydroxylation is 2. The highest BCUT2D eigenvalue weighted by atomic mass is 16.3. The highest BCUT2D eigenvalue weighted by Crippen LogP contribution is 2.16. The molecule has 5 heteroatoms. The van der Waals surface area contributed by atoms with Gasteiger partial charge < -0.3 is 15.0 Å². The van der Waals surface area contributed by atoms with E-state index in [1.165, 1.54) is 0 Å². The van der Waals surface area contributed by atoms with Crippen LogP contribution in [0.25, 0.3) is 11.0 Å². The Morgan fingerprint density at radius 1 is 1.48 bits per heavy atom. The zero-order chi connectivity index (χ0) is 15.6. The molecule has 0 bridgehead atoms. The van der Waals surface area contributed by atoms with E-state index in [1.807, 2.05) is 38.5 Å². The lowest BCUT2D eigenvalue weighted by molar-refractivity contribution is 0.0850. The molecule has 1 heterocycles. The molecule has 5 nitrogen and oxygen atoms in total. The Morgan fingerprint density at radius 3 is 2.86 bits per heavy atom. The summed E-state index contributed by atoms with van der Waals surface area (Å²) in [6.07, 6.45) is 0.371. The molecule has 2 atom stereocenters. The van der Waals surface area contributed by atoms with E-state index in [2.05, 4.69) is 10.3 Å². The molecule has 1 aromatic heterocycles. The molecule has 1 aromatic carbocycles. The molecule has 2 aromatic rings. The first-order chi connectivity index (χ1) is 9.93. The smallest absolute Gasteiger partial charge is 0.251 e. The molecule has 2 rings (SSSR count). The van der Waals surface area contributed by atoms with Crippen LogP contribution in [0.2, 0.25) is 0 Å². The molecule has 21 heavy (non-hydrogen) atoms. The number of hydrogen-bond donors (Lipinski definition) is 2. The van der Waals surface area contributed by atoms with Gasteiger partial charge in [0.1, 0.15) is 5.82 Å². The number of carbonyl (C=O) groups excluding carboxylic acids is 1. The number of imidazole rings is 1. The topological polar surface area (TPSA) is 67.2 Å². The lowest BCUT2D eigenvalue weighted by Crippen LogP contribution is -2.35. The summed E-state index contributed by atoms with van der Waals surface area (Å²) < 4.78 is 1.99. The van der Waals surface area contributed by atoms with Crippen LogP contribution in [0.4, 0.5) is 0 Å². The first kappa shape index (κ1) is 15.5. The number of amides is 1. The van der Waals surface area contributed by atoms with Gasteiger partial charge in [-0.15, -0.1) is 0 Å². The van der Waals surface area contributed by atoms with Crippen molar-refractivity contribution >= 4 is 16.9 Å². The molecule has 0 saturated heterocycles. The van der Waals surface area contributed by atoms with Crippen LogP contribution in [-0.4, -0.2) is 33.2 Å². The highest BCUT2D eigenvalue weighted by molar-refractivity contribution is 5.97. The Morgan fingerprint density at radius 2 is 2.19 bits per heavy atom. The third-order valence-corrected chi connectivity index (χ3v) is 4.14. The predicted molar refractivity (Wildman–Crippen MR) is 83.2 cm³/mol. The molecule has 0 aliphatic heterocycles. The Bertz CT molecular complexity index is 648. The van der Waals surface area contributed by atoms with Crippen molar-refractivity contribution in [1.29, 1.82) is 0 Å². The van der Waals surface area contributed by atoms with Gasteiger partial charge >= 0.3 is 0 Å². The number of rotatable bonds is 5. The van der Waals surface area contributed by atoms with E-state index < -0.39 is 6.10 Å². The first-order valence-corrected chi connectivity index (χ1v) is 7.33. The Labute approximate surface area is 125 Å². The molecule has 0 aliphatic rings. The number of aliphatic hydroxyl groups excluding tert-OH is 1. The molecular formula is C16H23N3O2. The van der Waals surface area contributed by atoms with Crippen molar-refractivity contribution in [3.05, 3.63) is 29.6 Å². The molecule has 0 spiro atoms. The molecule has 0 saturated carbocycles. The molecule has 114 valence electrons. The summed E-state index contributed by atoms with van der Waals surface area (Å²) in [5.74, 6) is 0.906. The second-order valence-corrected chi connectivity index (χ2v) is 5.58. The third kappa shape index (κ3) is 3.24. The maximum absolute atomic E-state index is 12.1. The molecule has 0 fully saturated rings. The zero-order valence-electron chi connectivity index (χ0n) is 13.1. The van der Waals surface area contributed by atoms with Crippen LogP contribution in [0, 0.1) is 12.8 Å². The van der Waals surface area contributed by atoms with Crippen molar-refractivity contribution in [1.82, 2.24) is 14.9 Å². The number of benzene rings is 1. The van der Waals surface area contributed by atoms with Gasteiger partial charge in [-0.3, -0.25) is 4.79 Å². The lowest BCUT2D eigenvalue weighted by atomic mass is 10.0. The fourth-order valence-electron chi connectivity index (χ4n) is 2.23. The quantitative estimate of drug-likeness (QED) is 0.885. The second-order valence-electron chi connectivity index (χ2n) is 5.58. The summed E-state index contributed by atoms with van der Waals surface area (Å²) in [5.41, 5.74) is 2.38. The van der Waals surface area contributed by atoms with Gasteiger partial charge in [-0.25, -0.2) is 4.98 Å². The minimum atomic E-state index is -0.514. The van der Waals surface area contributed by atoms with Crippen LogP contribution in [0.5, 0.6) is 0 Å². The normalized spacial score (nSPS) is 14.1. The van der Waals surface area contributed by atoms with Gasteiger partial charge in [-0.1, -0.05) is 20.3 Å². The van der Waals surface area contributed by atoms with E-state index in [0.717, 1.165) is 23.3 Å². The molecule has 0 radical (unpaired) electrons. The van der Waals surface area contributed by atoms with Crippen molar-refractivity contribution < 1.29 is 9.90 Å². The number of carbonyl (C=O) groups is 1. The van der Waals surface area contributed by atoms with E-state index in [9.17, 15) is 9.90 Å². The van der Waals surface area contributed by atoms with Gasteiger partial charge in [0, 0.05) is 19.2 Å². The van der Waals surface area contributed by atoms with Crippen molar-refractivity contribution in [3.63, 3.8) is 0 Å². The molecule has 2 N–H and O–H groups in total. The summed E-state index contributed by atoms with van der Waals surface area (Å²) in [6.45, 7) is 6.20. The van der Waals surface area contributed by atoms with E-state index in [-0.39, 0.29) is 18.4 Å². The van der Waals surface area contributed by atoms with Crippen LogP contribution in [0.1, 0.15) is 36.5 Å². The monoisotopic (exact) mass is 289 g/mol. The summed E-state index contributed by atoms with van der Waals surface area (Å²) in [4.78, 5) is 16.6. The van der Waals surface area contributed by atoms with Crippen molar-refractivity contribution in [2.75, 3.05) is 6.54 Å². The number of nitrogens with zero attached hydrogens (tertiary/aromatic N) is 2. The number of fused-ring (bicyclic) bond motifs is 1. The largest absolute Gasteiger partial charge is 0.391 e. The summed E-state index contributed by atoms with van der Waals surface area (Å²) >= 11 is 0. The van der Waals surface area contributed by atoms with Crippen LogP contribution < -0.4 is 5.32 Å². The van der Waals surface area contributed by atoms with E-state index in [1.54, 1.807) is 12.1 Å². The van der Waals surface area contributed by atoms with Gasteiger partial charge in [-0.05, 0) is 31.0 Å². The van der Waals surface area contributed by atoms with E-state index >= 15 is 0 Å². The highest BCUT2D eigenvalue weighted by Gasteiger charge is 2.15. The van der Waals surface area contributed by atoms with Gasteiger partial charge in [0.05, 0.1) is 17.1 Å². The van der Waals surface area contributed by atoms with E-state index in [0.29, 0.717) is 5.56 Å². The number of hydrogen-bond acceptors (Lipinski definition) is 3. The number of aromatic nitrogens is 2. The van der Waals surface area contributed by atoms with Gasteiger partial charge in [-0.2, -0.15) is 0 Å². The molecule has 0 aliphatic carbocycles. The molecular weight excluding hydrogens is 266 g/mol. The average molecular weight is 289 g/mol. The maximum atomic E-state index is 12.1. The maximum Gasteiger partial charge on any atom is 0.251 e. The van der Waals surface area contributed by atoms with Crippen LogP contribution >= 0.6 is 0 Å². The van der Waals surface area contributed by atoms with Crippen molar-refractivity contribution in [3.8, 4) is 0 Å². The first-order valence-electron chi connectivity index (χ1n) is 7.33. The number of nitrogens with one attached hydrogen (secondary N) is 1. The van der Waals surface area contributed by atoms with Crippen LogP contribution in [-0.2, 0) is 7.05 Å². The molecule has 2 unspecified atom stereocenters. The van der Waals surface area contributed by atoms with Crippen LogP contribution in [0.15, 0.2) is 18.2 Å². The number of aliphatic hydroxyl groups is 1. The summed E-state index contributed by atoms with van der Waals surface area (Å²) in [7, 11) is 1.95. The third-order valence-electron chi connectivity index (χ3n) is 4.14. The van der Waals surface area contributed by atoms with Crippen molar-refractivity contribution in [2.24, 2.45) is 13.0 Å². The SMILES string of the molecule is CCC(C)C(O)CNC(=O)c1ccc2c(c1)nc(C)n2C.